The Labute approximate surface area is 85.8 Å². The van der Waals surface area contributed by atoms with Crippen LogP contribution in [0.1, 0.15) is 21.6 Å². The summed E-state index contributed by atoms with van der Waals surface area (Å²) in [6, 6.07) is 7.31. The minimum absolute atomic E-state index is 0.509. The van der Waals surface area contributed by atoms with Crippen molar-refractivity contribution in [2.75, 3.05) is 0 Å². The molecule has 0 aliphatic rings. The third kappa shape index (κ3) is 1.72. The number of hydrogen-bond donors (Lipinski definition) is 2. The van der Waals surface area contributed by atoms with Crippen LogP contribution in [0.2, 0.25) is 0 Å². The Morgan fingerprint density at radius 1 is 1.43 bits per heavy atom. The van der Waals surface area contributed by atoms with Crippen LogP contribution in [-0.4, -0.2) is 5.11 Å². The maximum absolute atomic E-state index is 9.87. The Kier molecular flexibility index (Phi) is 2.67. The Bertz CT molecular complexity index is 394. The van der Waals surface area contributed by atoms with E-state index in [1.54, 1.807) is 18.4 Å². The molecule has 0 amide bonds. The number of hydrogen-bond acceptors (Lipinski definition) is 4. The molecule has 2 aromatic rings. The smallest absolute Gasteiger partial charge is 0.146 e. The summed E-state index contributed by atoms with van der Waals surface area (Å²) < 4.78 is 5.12. The molecule has 2 rings (SSSR count). The molecular formula is C10H11NO2S. The van der Waals surface area contributed by atoms with E-state index in [2.05, 4.69) is 0 Å². The summed E-state index contributed by atoms with van der Waals surface area (Å²) in [6.07, 6.45) is 0.881. The van der Waals surface area contributed by atoms with Crippen molar-refractivity contribution in [3.05, 3.63) is 46.0 Å². The average Bonchev–Trinajstić information content (AvgIpc) is 2.88. The van der Waals surface area contributed by atoms with Crippen molar-refractivity contribution < 1.29 is 9.52 Å². The molecule has 0 aliphatic carbocycles. The molecule has 1 atom stereocenters. The molecule has 0 radical (unpaired) electrons. The van der Waals surface area contributed by atoms with Crippen LogP contribution in [-0.2, 0) is 6.54 Å². The summed E-state index contributed by atoms with van der Waals surface area (Å²) in [6.45, 7) is 0.509. The van der Waals surface area contributed by atoms with Gasteiger partial charge in [-0.3, -0.25) is 0 Å². The predicted molar refractivity (Wildman–Crippen MR) is 55.0 cm³/mol. The van der Waals surface area contributed by atoms with Gasteiger partial charge in [0.2, 0.25) is 0 Å². The first-order valence-corrected chi connectivity index (χ1v) is 5.13. The molecule has 74 valence electrons. The first-order chi connectivity index (χ1) is 6.81. The van der Waals surface area contributed by atoms with Crippen LogP contribution in [0.4, 0.5) is 0 Å². The van der Waals surface area contributed by atoms with E-state index in [1.807, 2.05) is 12.1 Å². The monoisotopic (exact) mass is 209 g/mol. The SMILES string of the molecule is NCc1ccc([C@H](O)c2ccco2)s1. The van der Waals surface area contributed by atoms with E-state index in [-0.39, 0.29) is 0 Å². The summed E-state index contributed by atoms with van der Waals surface area (Å²) in [5.74, 6) is 0.565. The maximum Gasteiger partial charge on any atom is 0.146 e. The number of thiophene rings is 1. The largest absolute Gasteiger partial charge is 0.466 e. The van der Waals surface area contributed by atoms with Crippen molar-refractivity contribution in [2.45, 2.75) is 12.6 Å². The van der Waals surface area contributed by atoms with Gasteiger partial charge in [0.05, 0.1) is 6.26 Å². The molecule has 2 aromatic heterocycles. The molecule has 0 fully saturated rings. The summed E-state index contributed by atoms with van der Waals surface area (Å²) in [7, 11) is 0. The van der Waals surface area contributed by atoms with Crippen LogP contribution in [0.15, 0.2) is 34.9 Å². The molecule has 2 heterocycles. The van der Waals surface area contributed by atoms with Crippen molar-refractivity contribution in [1.29, 1.82) is 0 Å². The van der Waals surface area contributed by atoms with E-state index in [1.165, 1.54) is 11.3 Å². The van der Waals surface area contributed by atoms with Crippen LogP contribution < -0.4 is 5.73 Å². The van der Waals surface area contributed by atoms with Gasteiger partial charge >= 0.3 is 0 Å². The van der Waals surface area contributed by atoms with E-state index in [0.29, 0.717) is 12.3 Å². The van der Waals surface area contributed by atoms with Crippen molar-refractivity contribution in [3.8, 4) is 0 Å². The zero-order chi connectivity index (χ0) is 9.97. The highest BCUT2D eigenvalue weighted by Crippen LogP contribution is 2.28. The van der Waals surface area contributed by atoms with E-state index < -0.39 is 6.10 Å². The van der Waals surface area contributed by atoms with E-state index in [9.17, 15) is 5.11 Å². The van der Waals surface area contributed by atoms with Gasteiger partial charge < -0.3 is 15.3 Å². The van der Waals surface area contributed by atoms with E-state index >= 15 is 0 Å². The minimum Gasteiger partial charge on any atom is -0.466 e. The molecule has 4 heteroatoms. The first kappa shape index (κ1) is 9.45. The quantitative estimate of drug-likeness (QED) is 0.811. The number of nitrogens with two attached hydrogens (primary N) is 1. The molecule has 0 unspecified atom stereocenters. The van der Waals surface area contributed by atoms with Crippen molar-refractivity contribution in [3.63, 3.8) is 0 Å². The lowest BCUT2D eigenvalue weighted by Gasteiger charge is -2.03. The highest BCUT2D eigenvalue weighted by molar-refractivity contribution is 7.12. The second kappa shape index (κ2) is 3.96. The van der Waals surface area contributed by atoms with Gasteiger partial charge in [0.25, 0.3) is 0 Å². The lowest BCUT2D eigenvalue weighted by molar-refractivity contribution is 0.193. The fourth-order valence-electron chi connectivity index (χ4n) is 1.24. The van der Waals surface area contributed by atoms with Crippen molar-refractivity contribution in [2.24, 2.45) is 5.73 Å². The number of aliphatic hydroxyl groups is 1. The zero-order valence-electron chi connectivity index (χ0n) is 7.51. The topological polar surface area (TPSA) is 59.4 Å². The molecule has 3 nitrogen and oxygen atoms in total. The molecule has 0 bridgehead atoms. The molecular weight excluding hydrogens is 198 g/mol. The van der Waals surface area contributed by atoms with Gasteiger partial charge in [-0.25, -0.2) is 0 Å². The van der Waals surface area contributed by atoms with E-state index in [0.717, 1.165) is 9.75 Å². The normalized spacial score (nSPS) is 13.0. The molecule has 0 saturated heterocycles. The van der Waals surface area contributed by atoms with Crippen LogP contribution in [0.5, 0.6) is 0 Å². The third-order valence-electron chi connectivity index (χ3n) is 1.97. The summed E-state index contributed by atoms with van der Waals surface area (Å²) in [5.41, 5.74) is 5.49. The molecule has 0 saturated carbocycles. The summed E-state index contributed by atoms with van der Waals surface area (Å²) in [4.78, 5) is 1.92. The number of aliphatic hydroxyl groups excluding tert-OH is 1. The van der Waals surface area contributed by atoms with Gasteiger partial charge in [-0.1, -0.05) is 0 Å². The van der Waals surface area contributed by atoms with Gasteiger partial charge in [-0.15, -0.1) is 11.3 Å². The summed E-state index contributed by atoms with van der Waals surface area (Å²) >= 11 is 1.50. The van der Waals surface area contributed by atoms with Crippen molar-refractivity contribution >= 4 is 11.3 Å². The molecule has 14 heavy (non-hydrogen) atoms. The number of rotatable bonds is 3. The maximum atomic E-state index is 9.87. The number of furan rings is 1. The molecule has 0 aliphatic heterocycles. The standard InChI is InChI=1S/C10H11NO2S/c11-6-7-3-4-9(14-7)10(12)8-2-1-5-13-8/h1-5,10,12H,6,11H2/t10-/m1/s1. The Hall–Kier alpha value is -1.10. The van der Waals surface area contributed by atoms with Gasteiger partial charge in [-0.05, 0) is 24.3 Å². The lowest BCUT2D eigenvalue weighted by atomic mass is 10.2. The lowest BCUT2D eigenvalue weighted by Crippen LogP contribution is -1.94. The van der Waals surface area contributed by atoms with Crippen LogP contribution in [0, 0.1) is 0 Å². The molecule has 0 aromatic carbocycles. The van der Waals surface area contributed by atoms with Crippen LogP contribution in [0.3, 0.4) is 0 Å². The van der Waals surface area contributed by atoms with Gasteiger partial charge in [0.15, 0.2) is 0 Å². The first-order valence-electron chi connectivity index (χ1n) is 4.31. The summed E-state index contributed by atoms with van der Waals surface area (Å²) in [5, 5.41) is 9.87. The van der Waals surface area contributed by atoms with Gasteiger partial charge in [-0.2, -0.15) is 0 Å². The highest BCUT2D eigenvalue weighted by atomic mass is 32.1. The van der Waals surface area contributed by atoms with E-state index in [4.69, 9.17) is 10.2 Å². The fraction of sp³-hybridized carbons (Fsp3) is 0.200. The van der Waals surface area contributed by atoms with Crippen molar-refractivity contribution in [1.82, 2.24) is 0 Å². The Morgan fingerprint density at radius 2 is 2.29 bits per heavy atom. The Balaban J connectivity index is 2.23. The second-order valence-electron chi connectivity index (χ2n) is 2.93. The van der Waals surface area contributed by atoms with Crippen LogP contribution in [0.25, 0.3) is 0 Å². The fourth-order valence-corrected chi connectivity index (χ4v) is 2.12. The molecule has 0 spiro atoms. The molecule has 3 N–H and O–H groups in total. The van der Waals surface area contributed by atoms with Gasteiger partial charge in [0, 0.05) is 16.3 Å². The van der Waals surface area contributed by atoms with Gasteiger partial charge in [0.1, 0.15) is 11.9 Å². The minimum atomic E-state index is -0.671. The Morgan fingerprint density at radius 3 is 2.86 bits per heavy atom. The third-order valence-corrected chi connectivity index (χ3v) is 3.13. The highest BCUT2D eigenvalue weighted by Gasteiger charge is 2.14. The second-order valence-corrected chi connectivity index (χ2v) is 4.13. The zero-order valence-corrected chi connectivity index (χ0v) is 8.33. The predicted octanol–water partition coefficient (Wildman–Crippen LogP) is 1.88. The average molecular weight is 209 g/mol. The van der Waals surface area contributed by atoms with Crippen LogP contribution >= 0.6 is 11.3 Å².